The molecule has 0 spiro atoms. The molecular weight excluding hydrogens is 585 g/mol. The smallest absolute Gasteiger partial charge is 0.211 e. The Kier molecular flexibility index (Phi) is 6.22. The first kappa shape index (κ1) is 27.4. The minimum Gasteiger partial charge on any atom is -0.328 e. The zero-order chi connectivity index (χ0) is 32.2. The first-order valence-electron chi connectivity index (χ1n) is 15.8. The molecule has 0 fully saturated rings. The van der Waals surface area contributed by atoms with Crippen LogP contribution in [0.5, 0.6) is 0 Å². The number of hydrogen-bond acceptors (Lipinski definition) is 0. The Bertz CT molecular complexity index is 2750. The monoisotopic (exact) mass is 610 g/mol. The molecule has 0 saturated heterocycles. The van der Waals surface area contributed by atoms with Crippen molar-refractivity contribution in [2.24, 2.45) is 0 Å². The van der Waals surface area contributed by atoms with Crippen LogP contribution < -0.4 is 0 Å². The van der Waals surface area contributed by atoms with Crippen molar-refractivity contribution in [2.45, 2.75) is 0 Å². The summed E-state index contributed by atoms with van der Waals surface area (Å²) in [5, 5.41) is 4.55. The number of nitrogens with zero attached hydrogens (tertiary/aromatic N) is 4. The number of para-hydroxylation sites is 5. The van der Waals surface area contributed by atoms with Crippen LogP contribution in [0.15, 0.2) is 158 Å². The van der Waals surface area contributed by atoms with E-state index in [0.29, 0.717) is 11.4 Å². The second-order valence-corrected chi connectivity index (χ2v) is 11.9. The van der Waals surface area contributed by atoms with Gasteiger partial charge >= 0.3 is 0 Å². The molecule has 7 aromatic carbocycles. The van der Waals surface area contributed by atoms with Crippen LogP contribution in [0.25, 0.3) is 86.9 Å². The van der Waals surface area contributed by atoms with Gasteiger partial charge in [-0.3, -0.25) is 0 Å². The minimum absolute atomic E-state index is 0.540. The number of rotatable bonds is 4. The van der Waals surface area contributed by atoms with Gasteiger partial charge in [-0.1, -0.05) is 127 Å². The molecule has 222 valence electrons. The zero-order valence-corrected chi connectivity index (χ0v) is 25.8. The molecule has 2 aromatic heterocycles. The third kappa shape index (κ3) is 4.07. The molecule has 9 aromatic rings. The summed E-state index contributed by atoms with van der Waals surface area (Å²) in [5.74, 6) is 0. The summed E-state index contributed by atoms with van der Waals surface area (Å²) >= 11 is 0. The first-order chi connectivity index (χ1) is 23.7. The molecule has 0 aliphatic heterocycles. The fraction of sp³-hybridized carbons (Fsp3) is 0. The summed E-state index contributed by atoms with van der Waals surface area (Å²) in [6.45, 7) is 16.1. The minimum atomic E-state index is 0.540. The zero-order valence-electron chi connectivity index (χ0n) is 25.8. The van der Waals surface area contributed by atoms with Crippen molar-refractivity contribution < 1.29 is 0 Å². The van der Waals surface area contributed by atoms with E-state index in [1.54, 1.807) is 0 Å². The van der Waals surface area contributed by atoms with Crippen LogP contribution in [-0.4, -0.2) is 9.13 Å². The number of fused-ring (bicyclic) bond motifs is 6. The van der Waals surface area contributed by atoms with Crippen LogP contribution in [0, 0.1) is 13.1 Å². The molecule has 4 nitrogen and oxygen atoms in total. The highest BCUT2D eigenvalue weighted by Gasteiger charge is 2.20. The fourth-order valence-corrected chi connectivity index (χ4v) is 7.28. The van der Waals surface area contributed by atoms with Gasteiger partial charge in [0.25, 0.3) is 0 Å². The molecule has 0 N–H and O–H groups in total. The summed E-state index contributed by atoms with van der Waals surface area (Å²) in [4.78, 5) is 7.87. The Labute approximate surface area is 277 Å². The number of aromatic nitrogens is 2. The second kappa shape index (κ2) is 10.9. The van der Waals surface area contributed by atoms with Crippen molar-refractivity contribution in [1.82, 2.24) is 9.13 Å². The molecule has 0 unspecified atom stereocenters. The molecule has 2 heterocycles. The van der Waals surface area contributed by atoms with Crippen LogP contribution in [-0.2, 0) is 0 Å². The molecule has 0 amide bonds. The van der Waals surface area contributed by atoms with Gasteiger partial charge in [0.05, 0.1) is 40.9 Å². The lowest BCUT2D eigenvalue weighted by molar-refractivity contribution is 1.18. The molecule has 0 saturated carbocycles. The quantitative estimate of drug-likeness (QED) is 0.177. The Morgan fingerprint density at radius 3 is 1.58 bits per heavy atom. The van der Waals surface area contributed by atoms with Gasteiger partial charge in [-0.25, -0.2) is 9.69 Å². The van der Waals surface area contributed by atoms with E-state index in [-0.39, 0.29) is 0 Å². The van der Waals surface area contributed by atoms with Gasteiger partial charge < -0.3 is 9.13 Å². The summed E-state index contributed by atoms with van der Waals surface area (Å²) in [6, 6.07) is 54.3. The van der Waals surface area contributed by atoms with Crippen LogP contribution >= 0.6 is 0 Å². The van der Waals surface area contributed by atoms with Crippen molar-refractivity contribution in [3.05, 3.63) is 181 Å². The van der Waals surface area contributed by atoms with E-state index >= 15 is 0 Å². The topological polar surface area (TPSA) is 18.6 Å². The average molecular weight is 611 g/mol. The van der Waals surface area contributed by atoms with Gasteiger partial charge in [-0.05, 0) is 58.0 Å². The summed E-state index contributed by atoms with van der Waals surface area (Å²) < 4.78 is 4.46. The van der Waals surface area contributed by atoms with E-state index < -0.39 is 0 Å². The van der Waals surface area contributed by atoms with Crippen molar-refractivity contribution in [1.29, 1.82) is 0 Å². The maximum Gasteiger partial charge on any atom is 0.211 e. The molecule has 0 bridgehead atoms. The van der Waals surface area contributed by atoms with Gasteiger partial charge in [0.1, 0.15) is 0 Å². The highest BCUT2D eigenvalue weighted by molar-refractivity contribution is 6.14. The van der Waals surface area contributed by atoms with Crippen molar-refractivity contribution >= 4 is 55.0 Å². The summed E-state index contributed by atoms with van der Waals surface area (Å²) in [6.07, 6.45) is 0. The summed E-state index contributed by atoms with van der Waals surface area (Å²) in [7, 11) is 0. The Morgan fingerprint density at radius 1 is 0.396 bits per heavy atom. The number of benzene rings is 7. The average Bonchev–Trinajstić information content (AvgIpc) is 3.68. The predicted octanol–water partition coefficient (Wildman–Crippen LogP) is 12.3. The summed E-state index contributed by atoms with van der Waals surface area (Å²) in [5.41, 5.74) is 11.3. The van der Waals surface area contributed by atoms with Crippen LogP contribution in [0.3, 0.4) is 0 Å². The predicted molar refractivity (Wildman–Crippen MR) is 199 cm³/mol. The van der Waals surface area contributed by atoms with Gasteiger partial charge in [0.2, 0.25) is 11.4 Å². The van der Waals surface area contributed by atoms with Crippen LogP contribution in [0.2, 0.25) is 0 Å². The molecular formula is C44H26N4. The van der Waals surface area contributed by atoms with E-state index in [9.17, 15) is 0 Å². The Morgan fingerprint density at radius 2 is 0.917 bits per heavy atom. The molecule has 4 heteroatoms. The largest absolute Gasteiger partial charge is 0.328 e. The molecule has 0 atom stereocenters. The molecule has 0 radical (unpaired) electrons. The third-order valence-electron chi connectivity index (χ3n) is 9.37. The third-order valence-corrected chi connectivity index (χ3v) is 9.37. The van der Waals surface area contributed by atoms with Gasteiger partial charge in [0.15, 0.2) is 0 Å². The molecule has 0 aliphatic carbocycles. The maximum absolute atomic E-state index is 8.14. The van der Waals surface area contributed by atoms with Gasteiger partial charge in [-0.15, -0.1) is 0 Å². The van der Waals surface area contributed by atoms with E-state index in [0.717, 1.165) is 55.4 Å². The molecule has 48 heavy (non-hydrogen) atoms. The standard InChI is InChI=1S/C44H26N4/c1-45-38-19-10-17-33(43(38)48-42-23-8-5-16-36(42)37-18-11-20-39(46-2)44(37)48)30-26-24-29(25-27-30)31-12-9-13-32(28-31)47-40-21-6-3-14-34(40)35-15-4-7-22-41(35)47/h3-28H. The van der Waals surface area contributed by atoms with Crippen molar-refractivity contribution in [3.63, 3.8) is 0 Å². The van der Waals surface area contributed by atoms with E-state index in [2.05, 4.69) is 140 Å². The lowest BCUT2D eigenvalue weighted by Gasteiger charge is -2.17. The molecule has 9 rings (SSSR count). The SMILES string of the molecule is [C-]#[N+]c1cccc(-c2ccc(-c3cccc(-n4c5ccccc5c5ccccc54)c3)cc2)c1-n1c2ccccc2c2cccc([N+]#[C-])c21. The Hall–Kier alpha value is -6.88. The highest BCUT2D eigenvalue weighted by Crippen LogP contribution is 2.43. The van der Waals surface area contributed by atoms with Gasteiger partial charge in [0, 0.05) is 21.8 Å². The van der Waals surface area contributed by atoms with E-state index in [4.69, 9.17) is 13.1 Å². The fourth-order valence-electron chi connectivity index (χ4n) is 7.28. The van der Waals surface area contributed by atoms with E-state index in [1.807, 2.05) is 36.4 Å². The lowest BCUT2D eigenvalue weighted by Crippen LogP contribution is -1.98. The highest BCUT2D eigenvalue weighted by atomic mass is 15.0. The molecule has 0 aliphatic rings. The van der Waals surface area contributed by atoms with Crippen molar-refractivity contribution in [2.75, 3.05) is 0 Å². The van der Waals surface area contributed by atoms with Gasteiger partial charge in [-0.2, -0.15) is 0 Å². The maximum atomic E-state index is 8.14. The van der Waals surface area contributed by atoms with E-state index in [1.165, 1.54) is 21.8 Å². The second-order valence-electron chi connectivity index (χ2n) is 11.9. The van der Waals surface area contributed by atoms with Crippen molar-refractivity contribution in [3.8, 4) is 33.6 Å². The normalized spacial score (nSPS) is 11.3. The van der Waals surface area contributed by atoms with Crippen LogP contribution in [0.4, 0.5) is 11.4 Å². The number of hydrogen-bond donors (Lipinski definition) is 0. The lowest BCUT2D eigenvalue weighted by atomic mass is 9.98. The first-order valence-corrected chi connectivity index (χ1v) is 15.8. The Balaban J connectivity index is 1.19. The van der Waals surface area contributed by atoms with Crippen LogP contribution in [0.1, 0.15) is 0 Å².